The Labute approximate surface area is 108 Å². The molecule has 1 aliphatic heterocycles. The van der Waals surface area contributed by atoms with Crippen LogP contribution >= 0.6 is 0 Å². The molecule has 98 valence electrons. The topological polar surface area (TPSA) is 38.2 Å². The molecule has 18 heavy (non-hydrogen) atoms. The van der Waals surface area contributed by atoms with Gasteiger partial charge in [0.2, 0.25) is 5.88 Å². The van der Waals surface area contributed by atoms with Crippen molar-refractivity contribution < 1.29 is 4.74 Å². The molecule has 1 aromatic heterocycles. The van der Waals surface area contributed by atoms with Crippen LogP contribution in [-0.2, 0) is 6.54 Å². The summed E-state index contributed by atoms with van der Waals surface area (Å²) in [5.74, 6) is 1.53. The summed E-state index contributed by atoms with van der Waals surface area (Å²) >= 11 is 0. The molecule has 3 rings (SSSR count). The van der Waals surface area contributed by atoms with Crippen LogP contribution in [0.5, 0.6) is 5.88 Å². The maximum atomic E-state index is 5.04. The zero-order valence-electron chi connectivity index (χ0n) is 11.0. The van der Waals surface area contributed by atoms with Crippen molar-refractivity contribution in [3.63, 3.8) is 0 Å². The van der Waals surface area contributed by atoms with Crippen LogP contribution in [0.25, 0.3) is 0 Å². The van der Waals surface area contributed by atoms with Crippen molar-refractivity contribution in [1.29, 1.82) is 0 Å². The van der Waals surface area contributed by atoms with E-state index in [4.69, 9.17) is 4.74 Å². The number of methoxy groups -OCH3 is 1. The van der Waals surface area contributed by atoms with Gasteiger partial charge in [-0.25, -0.2) is 0 Å². The lowest BCUT2D eigenvalue weighted by Crippen LogP contribution is -2.42. The number of hydrogen-bond donors (Lipinski definition) is 0. The van der Waals surface area contributed by atoms with Gasteiger partial charge in [-0.1, -0.05) is 6.42 Å². The van der Waals surface area contributed by atoms with Gasteiger partial charge in [0.1, 0.15) is 0 Å². The van der Waals surface area contributed by atoms with E-state index in [1.54, 1.807) is 7.11 Å². The third kappa shape index (κ3) is 2.34. The monoisotopic (exact) mass is 247 g/mol. The van der Waals surface area contributed by atoms with E-state index in [9.17, 15) is 0 Å². The van der Waals surface area contributed by atoms with Gasteiger partial charge in [-0.15, -0.1) is 5.10 Å². The standard InChI is InChI=1S/C14H21N3O/c1-18-14-8-7-12(15-16-14)10-17-9-3-5-11-4-2-6-13(11)17/h7-8,11,13H,2-6,9-10H2,1H3/t11-,13+/m1/s1. The van der Waals surface area contributed by atoms with Crippen LogP contribution in [0.2, 0.25) is 0 Å². The van der Waals surface area contributed by atoms with Gasteiger partial charge in [0, 0.05) is 18.7 Å². The quantitative estimate of drug-likeness (QED) is 0.821. The summed E-state index contributed by atoms with van der Waals surface area (Å²) < 4.78 is 5.04. The van der Waals surface area contributed by atoms with Crippen molar-refractivity contribution in [3.05, 3.63) is 17.8 Å². The highest BCUT2D eigenvalue weighted by Gasteiger charge is 2.34. The van der Waals surface area contributed by atoms with Crippen molar-refractivity contribution in [2.45, 2.75) is 44.7 Å². The van der Waals surface area contributed by atoms with Gasteiger partial charge >= 0.3 is 0 Å². The molecule has 0 bridgehead atoms. The largest absolute Gasteiger partial charge is 0.480 e. The van der Waals surface area contributed by atoms with Crippen LogP contribution in [0.3, 0.4) is 0 Å². The Morgan fingerprint density at radius 1 is 1.22 bits per heavy atom. The molecule has 2 atom stereocenters. The highest BCUT2D eigenvalue weighted by Crippen LogP contribution is 2.37. The third-order valence-corrected chi connectivity index (χ3v) is 4.38. The Morgan fingerprint density at radius 3 is 2.89 bits per heavy atom. The fourth-order valence-electron chi connectivity index (χ4n) is 3.50. The summed E-state index contributed by atoms with van der Waals surface area (Å²) in [5, 5.41) is 8.29. The van der Waals surface area contributed by atoms with Crippen molar-refractivity contribution in [2.75, 3.05) is 13.7 Å². The first-order valence-electron chi connectivity index (χ1n) is 6.97. The zero-order valence-corrected chi connectivity index (χ0v) is 11.0. The summed E-state index contributed by atoms with van der Waals surface area (Å²) in [6.45, 7) is 2.16. The predicted octanol–water partition coefficient (Wildman–Crippen LogP) is 2.25. The fourth-order valence-corrected chi connectivity index (χ4v) is 3.50. The smallest absolute Gasteiger partial charge is 0.233 e. The summed E-state index contributed by atoms with van der Waals surface area (Å²) in [6, 6.07) is 4.73. The number of piperidine rings is 1. The van der Waals surface area contributed by atoms with E-state index in [0.29, 0.717) is 5.88 Å². The van der Waals surface area contributed by atoms with Gasteiger partial charge in [0.25, 0.3) is 0 Å². The number of ether oxygens (including phenoxy) is 1. The molecular weight excluding hydrogens is 226 g/mol. The van der Waals surface area contributed by atoms with Crippen LogP contribution in [0.15, 0.2) is 12.1 Å². The summed E-state index contributed by atoms with van der Waals surface area (Å²) in [4.78, 5) is 2.61. The minimum Gasteiger partial charge on any atom is -0.480 e. The molecule has 4 heteroatoms. The Morgan fingerprint density at radius 2 is 2.11 bits per heavy atom. The van der Waals surface area contributed by atoms with Crippen LogP contribution in [0, 0.1) is 5.92 Å². The molecule has 0 radical (unpaired) electrons. The fraction of sp³-hybridized carbons (Fsp3) is 0.714. The lowest BCUT2D eigenvalue weighted by Gasteiger charge is -2.37. The number of nitrogens with zero attached hydrogens (tertiary/aromatic N) is 3. The lowest BCUT2D eigenvalue weighted by molar-refractivity contribution is 0.104. The number of aromatic nitrogens is 2. The van der Waals surface area contributed by atoms with E-state index in [1.807, 2.05) is 12.1 Å². The van der Waals surface area contributed by atoms with E-state index in [1.165, 1.54) is 38.6 Å². The van der Waals surface area contributed by atoms with Gasteiger partial charge in [-0.3, -0.25) is 4.90 Å². The first-order chi connectivity index (χ1) is 8.86. The Balaban J connectivity index is 1.67. The number of fused-ring (bicyclic) bond motifs is 1. The summed E-state index contributed by atoms with van der Waals surface area (Å²) in [7, 11) is 1.62. The van der Waals surface area contributed by atoms with Crippen molar-refractivity contribution in [3.8, 4) is 5.88 Å². The van der Waals surface area contributed by atoms with E-state index >= 15 is 0 Å². The first kappa shape index (κ1) is 11.9. The molecule has 0 spiro atoms. The van der Waals surface area contributed by atoms with Gasteiger partial charge in [0.15, 0.2) is 0 Å². The van der Waals surface area contributed by atoms with Crippen LogP contribution < -0.4 is 4.74 Å². The van der Waals surface area contributed by atoms with Gasteiger partial charge in [-0.05, 0) is 44.2 Å². The maximum absolute atomic E-state index is 5.04. The predicted molar refractivity (Wildman–Crippen MR) is 69.4 cm³/mol. The Bertz CT molecular complexity index is 393. The van der Waals surface area contributed by atoms with Crippen LogP contribution in [-0.4, -0.2) is 34.8 Å². The third-order valence-electron chi connectivity index (χ3n) is 4.38. The number of rotatable bonds is 3. The average molecular weight is 247 g/mol. The van der Waals surface area contributed by atoms with Crippen molar-refractivity contribution >= 4 is 0 Å². The molecule has 1 aromatic rings. The molecule has 1 saturated heterocycles. The molecule has 0 aromatic carbocycles. The molecule has 0 N–H and O–H groups in total. The van der Waals surface area contributed by atoms with Crippen LogP contribution in [0.1, 0.15) is 37.8 Å². The number of hydrogen-bond acceptors (Lipinski definition) is 4. The normalized spacial score (nSPS) is 28.1. The second-order valence-electron chi connectivity index (χ2n) is 5.44. The molecule has 4 nitrogen and oxygen atoms in total. The van der Waals surface area contributed by atoms with E-state index < -0.39 is 0 Å². The van der Waals surface area contributed by atoms with Crippen molar-refractivity contribution in [1.82, 2.24) is 15.1 Å². The molecule has 2 heterocycles. The maximum Gasteiger partial charge on any atom is 0.233 e. The second kappa shape index (κ2) is 5.22. The SMILES string of the molecule is COc1ccc(CN2CCC[C@H]3CCC[C@@H]32)nn1. The first-order valence-corrected chi connectivity index (χ1v) is 6.97. The molecule has 0 unspecified atom stereocenters. The Hall–Kier alpha value is -1.16. The highest BCUT2D eigenvalue weighted by atomic mass is 16.5. The molecular formula is C14H21N3O. The van der Waals surface area contributed by atoms with E-state index in [-0.39, 0.29) is 0 Å². The average Bonchev–Trinajstić information content (AvgIpc) is 2.89. The van der Waals surface area contributed by atoms with E-state index in [0.717, 1.165) is 24.2 Å². The molecule has 0 amide bonds. The lowest BCUT2D eigenvalue weighted by atomic mass is 9.92. The summed E-state index contributed by atoms with van der Waals surface area (Å²) in [5.41, 5.74) is 1.06. The van der Waals surface area contributed by atoms with Gasteiger partial charge in [-0.2, -0.15) is 5.10 Å². The molecule has 2 aliphatic rings. The molecule has 1 aliphatic carbocycles. The number of likely N-dealkylation sites (tertiary alicyclic amines) is 1. The van der Waals surface area contributed by atoms with Gasteiger partial charge in [0.05, 0.1) is 12.8 Å². The molecule has 2 fully saturated rings. The Kier molecular flexibility index (Phi) is 3.46. The zero-order chi connectivity index (χ0) is 12.4. The minimum absolute atomic E-state index is 0.594. The van der Waals surface area contributed by atoms with E-state index in [2.05, 4.69) is 15.1 Å². The van der Waals surface area contributed by atoms with Gasteiger partial charge < -0.3 is 4.74 Å². The molecule has 1 saturated carbocycles. The van der Waals surface area contributed by atoms with Crippen molar-refractivity contribution in [2.24, 2.45) is 5.92 Å². The van der Waals surface area contributed by atoms with Crippen LogP contribution in [0.4, 0.5) is 0 Å². The minimum atomic E-state index is 0.594. The summed E-state index contributed by atoms with van der Waals surface area (Å²) in [6.07, 6.45) is 6.96. The highest BCUT2D eigenvalue weighted by molar-refractivity contribution is 5.11. The second-order valence-corrected chi connectivity index (χ2v) is 5.44.